The first-order valence-corrected chi connectivity index (χ1v) is 8.02. The quantitative estimate of drug-likeness (QED) is 0.376. The van der Waals surface area contributed by atoms with Crippen molar-refractivity contribution in [2.45, 2.75) is 0 Å². The second-order valence-electron chi connectivity index (χ2n) is 5.98. The zero-order chi connectivity index (χ0) is 15.9. The Morgan fingerprint density at radius 3 is 2.25 bits per heavy atom. The summed E-state index contributed by atoms with van der Waals surface area (Å²) >= 11 is 0. The van der Waals surface area contributed by atoms with Gasteiger partial charge in [0.05, 0.1) is 5.52 Å². The van der Waals surface area contributed by atoms with Gasteiger partial charge in [0.25, 0.3) is 0 Å². The lowest BCUT2D eigenvalue weighted by atomic mass is 10.1. The summed E-state index contributed by atoms with van der Waals surface area (Å²) in [6.45, 7) is 0. The van der Waals surface area contributed by atoms with E-state index in [1.165, 1.54) is 21.5 Å². The summed E-state index contributed by atoms with van der Waals surface area (Å²) in [5, 5.41) is 5.94. The minimum atomic E-state index is 0.767. The van der Waals surface area contributed by atoms with Crippen molar-refractivity contribution < 1.29 is 0 Å². The van der Waals surface area contributed by atoms with E-state index in [4.69, 9.17) is 4.98 Å². The van der Waals surface area contributed by atoms with Crippen LogP contribution in [0.25, 0.3) is 43.8 Å². The van der Waals surface area contributed by atoms with Crippen LogP contribution in [0.5, 0.6) is 0 Å². The van der Waals surface area contributed by atoms with Gasteiger partial charge >= 0.3 is 0 Å². The summed E-state index contributed by atoms with van der Waals surface area (Å²) < 4.78 is 0. The number of fused-ring (bicyclic) bond motifs is 4. The lowest BCUT2D eigenvalue weighted by Gasteiger charge is -2.06. The first-order valence-electron chi connectivity index (χ1n) is 8.02. The van der Waals surface area contributed by atoms with E-state index < -0.39 is 0 Å². The van der Waals surface area contributed by atoms with Gasteiger partial charge in [-0.2, -0.15) is 0 Å². The molecule has 0 aliphatic heterocycles. The van der Waals surface area contributed by atoms with Crippen molar-refractivity contribution in [2.75, 3.05) is 0 Å². The molecule has 0 aliphatic rings. The predicted molar refractivity (Wildman–Crippen MR) is 100.0 cm³/mol. The standard InChI is InChI=1S/C22H14N2/c1-2-7-17-13-18(10-9-15(17)5-1)22-23-14-20-19-8-4-3-6-16(19)11-12-21(20)24-22/h1-14H. The zero-order valence-electron chi connectivity index (χ0n) is 13.0. The molecular weight excluding hydrogens is 292 g/mol. The average Bonchev–Trinajstić information content (AvgIpc) is 2.67. The number of hydrogen-bond acceptors (Lipinski definition) is 2. The van der Waals surface area contributed by atoms with Gasteiger partial charge in [0, 0.05) is 17.1 Å². The van der Waals surface area contributed by atoms with Crippen molar-refractivity contribution in [1.82, 2.24) is 9.97 Å². The third kappa shape index (κ3) is 2.04. The molecular formula is C22H14N2. The third-order valence-corrected chi connectivity index (χ3v) is 4.50. The zero-order valence-corrected chi connectivity index (χ0v) is 13.0. The molecule has 0 amide bonds. The molecule has 4 aromatic carbocycles. The van der Waals surface area contributed by atoms with Crippen molar-refractivity contribution in [1.29, 1.82) is 0 Å². The van der Waals surface area contributed by atoms with Crippen LogP contribution in [0.4, 0.5) is 0 Å². The molecule has 0 unspecified atom stereocenters. The Morgan fingerprint density at radius 2 is 1.33 bits per heavy atom. The molecule has 0 atom stereocenters. The van der Waals surface area contributed by atoms with Crippen LogP contribution in [0, 0.1) is 0 Å². The fourth-order valence-corrected chi connectivity index (χ4v) is 3.25. The van der Waals surface area contributed by atoms with Crippen molar-refractivity contribution in [3.63, 3.8) is 0 Å². The van der Waals surface area contributed by atoms with Crippen LogP contribution >= 0.6 is 0 Å². The maximum Gasteiger partial charge on any atom is 0.159 e. The fraction of sp³-hybridized carbons (Fsp3) is 0. The topological polar surface area (TPSA) is 25.8 Å². The maximum absolute atomic E-state index is 4.79. The predicted octanol–water partition coefficient (Wildman–Crippen LogP) is 5.60. The molecule has 112 valence electrons. The van der Waals surface area contributed by atoms with Gasteiger partial charge in [-0.25, -0.2) is 9.97 Å². The van der Waals surface area contributed by atoms with Crippen LogP contribution in [0.2, 0.25) is 0 Å². The Morgan fingerprint density at radius 1 is 0.583 bits per heavy atom. The molecule has 0 fully saturated rings. The molecule has 2 heteroatoms. The Bertz CT molecular complexity index is 1210. The number of rotatable bonds is 1. The van der Waals surface area contributed by atoms with Gasteiger partial charge in [-0.05, 0) is 33.7 Å². The lowest BCUT2D eigenvalue weighted by Crippen LogP contribution is -1.90. The summed E-state index contributed by atoms with van der Waals surface area (Å²) in [6, 6.07) is 27.2. The normalized spacial score (nSPS) is 11.3. The number of aromatic nitrogens is 2. The smallest absolute Gasteiger partial charge is 0.159 e. The minimum Gasteiger partial charge on any atom is -0.236 e. The molecule has 5 aromatic rings. The van der Waals surface area contributed by atoms with Gasteiger partial charge in [-0.1, -0.05) is 66.7 Å². The molecule has 0 bridgehead atoms. The first-order chi connectivity index (χ1) is 11.9. The van der Waals surface area contributed by atoms with Crippen molar-refractivity contribution in [2.24, 2.45) is 0 Å². The fourth-order valence-electron chi connectivity index (χ4n) is 3.25. The van der Waals surface area contributed by atoms with Crippen LogP contribution in [0.3, 0.4) is 0 Å². The van der Waals surface area contributed by atoms with Crippen molar-refractivity contribution in [3.8, 4) is 11.4 Å². The molecule has 0 radical (unpaired) electrons. The SMILES string of the molecule is c1ccc2cc(-c3ncc4c(ccc5ccccc54)n3)ccc2c1. The first kappa shape index (κ1) is 13.2. The maximum atomic E-state index is 4.79. The highest BCUT2D eigenvalue weighted by Crippen LogP contribution is 2.27. The van der Waals surface area contributed by atoms with Gasteiger partial charge in [-0.15, -0.1) is 0 Å². The third-order valence-electron chi connectivity index (χ3n) is 4.50. The molecule has 0 N–H and O–H groups in total. The number of hydrogen-bond donors (Lipinski definition) is 0. The summed E-state index contributed by atoms with van der Waals surface area (Å²) in [7, 11) is 0. The second kappa shape index (κ2) is 5.14. The highest BCUT2D eigenvalue weighted by molar-refractivity contribution is 6.06. The lowest BCUT2D eigenvalue weighted by molar-refractivity contribution is 1.23. The molecule has 5 rings (SSSR count). The highest BCUT2D eigenvalue weighted by atomic mass is 14.9. The van der Waals surface area contributed by atoms with E-state index in [1.807, 2.05) is 6.20 Å². The Hall–Kier alpha value is -3.26. The van der Waals surface area contributed by atoms with E-state index in [9.17, 15) is 0 Å². The van der Waals surface area contributed by atoms with Gasteiger partial charge < -0.3 is 0 Å². The van der Waals surface area contributed by atoms with E-state index in [2.05, 4.69) is 83.8 Å². The van der Waals surface area contributed by atoms with E-state index in [1.54, 1.807) is 0 Å². The van der Waals surface area contributed by atoms with E-state index in [0.717, 1.165) is 22.3 Å². The molecule has 1 aromatic heterocycles. The van der Waals surface area contributed by atoms with E-state index >= 15 is 0 Å². The van der Waals surface area contributed by atoms with Gasteiger partial charge in [0.1, 0.15) is 0 Å². The van der Waals surface area contributed by atoms with Crippen molar-refractivity contribution in [3.05, 3.63) is 85.1 Å². The summed E-state index contributed by atoms with van der Waals surface area (Å²) in [5.74, 6) is 0.767. The van der Waals surface area contributed by atoms with Crippen LogP contribution in [-0.4, -0.2) is 9.97 Å². The van der Waals surface area contributed by atoms with E-state index in [-0.39, 0.29) is 0 Å². The Labute approximate surface area is 139 Å². The monoisotopic (exact) mass is 306 g/mol. The Kier molecular flexibility index (Phi) is 2.83. The van der Waals surface area contributed by atoms with Gasteiger partial charge in [0.2, 0.25) is 0 Å². The van der Waals surface area contributed by atoms with Crippen LogP contribution in [-0.2, 0) is 0 Å². The highest BCUT2D eigenvalue weighted by Gasteiger charge is 2.06. The summed E-state index contributed by atoms with van der Waals surface area (Å²) in [6.07, 6.45) is 1.94. The summed E-state index contributed by atoms with van der Waals surface area (Å²) in [4.78, 5) is 9.41. The number of benzene rings is 4. The molecule has 0 saturated carbocycles. The molecule has 0 saturated heterocycles. The average molecular weight is 306 g/mol. The summed E-state index contributed by atoms with van der Waals surface area (Å²) in [5.41, 5.74) is 2.02. The largest absolute Gasteiger partial charge is 0.236 e. The molecule has 1 heterocycles. The van der Waals surface area contributed by atoms with Crippen LogP contribution in [0.1, 0.15) is 0 Å². The number of nitrogens with zero attached hydrogens (tertiary/aromatic N) is 2. The molecule has 0 spiro atoms. The molecule has 24 heavy (non-hydrogen) atoms. The minimum absolute atomic E-state index is 0.767. The van der Waals surface area contributed by atoms with Crippen LogP contribution in [0.15, 0.2) is 85.1 Å². The Balaban J connectivity index is 1.72. The van der Waals surface area contributed by atoms with E-state index in [0.29, 0.717) is 0 Å². The van der Waals surface area contributed by atoms with Gasteiger partial charge in [0.15, 0.2) is 5.82 Å². The van der Waals surface area contributed by atoms with Crippen molar-refractivity contribution >= 4 is 32.4 Å². The van der Waals surface area contributed by atoms with Crippen LogP contribution < -0.4 is 0 Å². The molecule has 2 nitrogen and oxygen atoms in total. The van der Waals surface area contributed by atoms with Gasteiger partial charge in [-0.3, -0.25) is 0 Å². The molecule has 0 aliphatic carbocycles. The second-order valence-corrected chi connectivity index (χ2v) is 5.98.